The van der Waals surface area contributed by atoms with E-state index >= 15 is 0 Å². The predicted octanol–water partition coefficient (Wildman–Crippen LogP) is 0.666. The van der Waals surface area contributed by atoms with Gasteiger partial charge in [-0.3, -0.25) is 0 Å². The van der Waals surface area contributed by atoms with E-state index in [0.717, 1.165) is 0 Å². The summed E-state index contributed by atoms with van der Waals surface area (Å²) in [4.78, 5) is -0.705. The lowest BCUT2D eigenvalue weighted by Crippen LogP contribution is -2.46. The van der Waals surface area contributed by atoms with E-state index in [9.17, 15) is 15.3 Å². The van der Waals surface area contributed by atoms with E-state index in [2.05, 4.69) is 6.58 Å². The first-order valence-electron chi connectivity index (χ1n) is 4.71. The normalized spacial score (nSPS) is 36.7. The maximum atomic E-state index is 9.62. The van der Waals surface area contributed by atoms with Crippen molar-refractivity contribution in [3.05, 3.63) is 12.7 Å². The van der Waals surface area contributed by atoms with Gasteiger partial charge in [0.15, 0.2) is 0 Å². The highest BCUT2D eigenvalue weighted by molar-refractivity contribution is 6.25. The molecule has 14 heavy (non-hydrogen) atoms. The van der Waals surface area contributed by atoms with Gasteiger partial charge in [0.1, 0.15) is 0 Å². The van der Waals surface area contributed by atoms with Crippen molar-refractivity contribution < 1.29 is 15.3 Å². The summed E-state index contributed by atoms with van der Waals surface area (Å²) in [6.07, 6.45) is 2.27. The van der Waals surface area contributed by atoms with Crippen LogP contribution in [0, 0.1) is 5.41 Å². The number of alkyl halides is 1. The van der Waals surface area contributed by atoms with Gasteiger partial charge in [-0.25, -0.2) is 0 Å². The fourth-order valence-electron chi connectivity index (χ4n) is 2.18. The summed E-state index contributed by atoms with van der Waals surface area (Å²) in [6.45, 7) is 3.29. The highest BCUT2D eigenvalue weighted by Gasteiger charge is 2.45. The summed E-state index contributed by atoms with van der Waals surface area (Å²) in [5, 5.41) is 28.1. The number of hydrogen-bond donors (Lipinski definition) is 3. The molecule has 0 radical (unpaired) electrons. The largest absolute Gasteiger partial charge is 0.396 e. The summed E-state index contributed by atoms with van der Waals surface area (Å²) in [6, 6.07) is 0. The molecule has 0 aromatic heterocycles. The van der Waals surface area contributed by atoms with Crippen LogP contribution in [0.4, 0.5) is 0 Å². The van der Waals surface area contributed by atoms with Crippen LogP contribution >= 0.6 is 11.6 Å². The van der Waals surface area contributed by atoms with Gasteiger partial charge in [0.25, 0.3) is 0 Å². The molecule has 3 N–H and O–H groups in total. The van der Waals surface area contributed by atoms with Crippen molar-refractivity contribution >= 4 is 11.6 Å². The lowest BCUT2D eigenvalue weighted by Gasteiger charge is -2.44. The van der Waals surface area contributed by atoms with Gasteiger partial charge in [-0.1, -0.05) is 6.08 Å². The maximum Gasteiger partial charge on any atom is 0.0654 e. The highest BCUT2D eigenvalue weighted by Crippen LogP contribution is 2.45. The summed E-state index contributed by atoms with van der Waals surface area (Å²) in [5.41, 5.74) is -0.673. The Kier molecular flexibility index (Phi) is 3.58. The lowest BCUT2D eigenvalue weighted by atomic mass is 9.69. The molecule has 0 aliphatic heterocycles. The van der Waals surface area contributed by atoms with E-state index in [1.807, 2.05) is 0 Å². The third-order valence-electron chi connectivity index (χ3n) is 2.95. The molecule has 0 aromatic rings. The van der Waals surface area contributed by atoms with Crippen molar-refractivity contribution in [1.29, 1.82) is 0 Å². The molecule has 1 rings (SSSR count). The first-order valence-corrected chi connectivity index (χ1v) is 5.09. The van der Waals surface area contributed by atoms with Gasteiger partial charge in [0.2, 0.25) is 0 Å². The van der Waals surface area contributed by atoms with Crippen LogP contribution in [0.2, 0.25) is 0 Å². The second kappa shape index (κ2) is 4.19. The SMILES string of the molecule is C=CC1(Cl)CC(O)CC(CO)(CO)C1. The Labute approximate surface area is 89.0 Å². The van der Waals surface area contributed by atoms with Crippen molar-refractivity contribution in [2.75, 3.05) is 13.2 Å². The van der Waals surface area contributed by atoms with Gasteiger partial charge in [0, 0.05) is 5.41 Å². The molecule has 2 unspecified atom stereocenters. The second-order valence-corrected chi connectivity index (χ2v) is 5.05. The molecule has 0 heterocycles. The molecular weight excluding hydrogens is 204 g/mol. The number of aliphatic hydroxyl groups excluding tert-OH is 3. The Morgan fingerprint density at radius 2 is 1.93 bits per heavy atom. The van der Waals surface area contributed by atoms with Crippen LogP contribution in [0.25, 0.3) is 0 Å². The van der Waals surface area contributed by atoms with Crippen LogP contribution in [-0.2, 0) is 0 Å². The molecule has 2 atom stereocenters. The molecule has 3 nitrogen and oxygen atoms in total. The van der Waals surface area contributed by atoms with Crippen molar-refractivity contribution in [1.82, 2.24) is 0 Å². The number of halogens is 1. The van der Waals surface area contributed by atoms with E-state index < -0.39 is 16.4 Å². The molecule has 0 spiro atoms. The zero-order valence-corrected chi connectivity index (χ0v) is 8.87. The molecule has 1 fully saturated rings. The van der Waals surface area contributed by atoms with Gasteiger partial charge >= 0.3 is 0 Å². The van der Waals surface area contributed by atoms with Crippen molar-refractivity contribution in [3.63, 3.8) is 0 Å². The molecule has 82 valence electrons. The molecular formula is C10H17ClO3. The van der Waals surface area contributed by atoms with Crippen LogP contribution in [0.5, 0.6) is 0 Å². The second-order valence-electron chi connectivity index (χ2n) is 4.29. The van der Waals surface area contributed by atoms with Crippen molar-refractivity contribution in [3.8, 4) is 0 Å². The Morgan fingerprint density at radius 1 is 1.36 bits per heavy atom. The molecule has 0 aromatic carbocycles. The molecule has 1 aliphatic rings. The van der Waals surface area contributed by atoms with Crippen LogP contribution in [0.15, 0.2) is 12.7 Å². The van der Waals surface area contributed by atoms with Crippen LogP contribution in [0.3, 0.4) is 0 Å². The van der Waals surface area contributed by atoms with Crippen LogP contribution in [0.1, 0.15) is 19.3 Å². The van der Waals surface area contributed by atoms with E-state index in [1.165, 1.54) is 0 Å². The van der Waals surface area contributed by atoms with Gasteiger partial charge in [-0.15, -0.1) is 18.2 Å². The summed E-state index contributed by atoms with van der Waals surface area (Å²) in [7, 11) is 0. The molecule has 1 saturated carbocycles. The fourth-order valence-corrected chi connectivity index (χ4v) is 2.64. The lowest BCUT2D eigenvalue weighted by molar-refractivity contribution is -0.0341. The molecule has 1 aliphatic carbocycles. The van der Waals surface area contributed by atoms with Crippen LogP contribution < -0.4 is 0 Å². The average molecular weight is 221 g/mol. The smallest absolute Gasteiger partial charge is 0.0654 e. The Bertz CT molecular complexity index is 215. The molecule has 0 amide bonds. The van der Waals surface area contributed by atoms with Gasteiger partial charge in [-0.2, -0.15) is 0 Å². The maximum absolute atomic E-state index is 9.62. The number of rotatable bonds is 3. The van der Waals surface area contributed by atoms with Gasteiger partial charge in [0.05, 0.1) is 24.2 Å². The zero-order valence-electron chi connectivity index (χ0n) is 8.12. The average Bonchev–Trinajstić information content (AvgIpc) is 2.16. The first-order chi connectivity index (χ1) is 6.49. The minimum Gasteiger partial charge on any atom is -0.396 e. The highest BCUT2D eigenvalue weighted by atomic mass is 35.5. The standard InChI is InChI=1S/C10H17ClO3/c1-2-10(11)4-8(14)3-9(5-10,6-12)7-13/h2,8,12-14H,1,3-7H2. The first kappa shape index (κ1) is 12.0. The van der Waals surface area contributed by atoms with E-state index in [1.54, 1.807) is 6.08 Å². The third-order valence-corrected chi connectivity index (χ3v) is 3.39. The molecule has 0 saturated heterocycles. The number of hydrogen-bond acceptors (Lipinski definition) is 3. The Balaban J connectivity index is 2.85. The third kappa shape index (κ3) is 2.28. The summed E-state index contributed by atoms with van der Waals surface area (Å²) < 4.78 is 0. The minimum absolute atomic E-state index is 0.164. The van der Waals surface area contributed by atoms with Crippen LogP contribution in [-0.4, -0.2) is 39.5 Å². The number of aliphatic hydroxyl groups is 3. The zero-order chi connectivity index (χ0) is 10.8. The van der Waals surface area contributed by atoms with E-state index in [4.69, 9.17) is 11.6 Å². The fraction of sp³-hybridized carbons (Fsp3) is 0.800. The summed E-state index contributed by atoms with van der Waals surface area (Å²) >= 11 is 6.20. The Hall–Kier alpha value is -0.0900. The van der Waals surface area contributed by atoms with Gasteiger partial charge in [-0.05, 0) is 19.3 Å². The molecule has 0 bridgehead atoms. The van der Waals surface area contributed by atoms with E-state index in [0.29, 0.717) is 19.3 Å². The quantitative estimate of drug-likeness (QED) is 0.484. The topological polar surface area (TPSA) is 60.7 Å². The van der Waals surface area contributed by atoms with Crippen molar-refractivity contribution in [2.45, 2.75) is 30.2 Å². The minimum atomic E-state index is -0.705. The summed E-state index contributed by atoms with van der Waals surface area (Å²) in [5.74, 6) is 0. The monoisotopic (exact) mass is 220 g/mol. The number of allylic oxidation sites excluding steroid dienone is 1. The van der Waals surface area contributed by atoms with Crippen molar-refractivity contribution in [2.24, 2.45) is 5.41 Å². The van der Waals surface area contributed by atoms with Gasteiger partial charge < -0.3 is 15.3 Å². The molecule has 4 heteroatoms. The predicted molar refractivity (Wildman–Crippen MR) is 55.2 cm³/mol. The van der Waals surface area contributed by atoms with E-state index in [-0.39, 0.29) is 13.2 Å². The Morgan fingerprint density at radius 3 is 2.36 bits per heavy atom.